The molecule has 1 aromatic rings. The molecule has 0 aliphatic heterocycles. The summed E-state index contributed by atoms with van der Waals surface area (Å²) in [5.41, 5.74) is 0. The summed E-state index contributed by atoms with van der Waals surface area (Å²) in [6, 6.07) is 8.71. The van der Waals surface area contributed by atoms with E-state index in [1.165, 1.54) is 109 Å². The monoisotopic (exact) mass is 314 g/mol. The molecule has 0 atom stereocenters. The fraction of sp³-hybridized carbons (Fsp3) is 0.700. The van der Waals surface area contributed by atoms with Gasteiger partial charge in [-0.15, -0.1) is 0 Å². The van der Waals surface area contributed by atoms with Crippen LogP contribution in [-0.4, -0.2) is 33.0 Å². The predicted molar refractivity (Wildman–Crippen MR) is 99.7 cm³/mol. The van der Waals surface area contributed by atoms with E-state index < -0.39 is 0 Å². The first-order valence-corrected chi connectivity index (χ1v) is 11.0. The van der Waals surface area contributed by atoms with Gasteiger partial charge in [0.25, 0.3) is 0 Å². The van der Waals surface area contributed by atoms with Crippen molar-refractivity contribution in [2.75, 3.05) is 0 Å². The molecule has 1 N–H and O–H groups in total. The summed E-state index contributed by atoms with van der Waals surface area (Å²) >= 11 is 1.41. The van der Waals surface area contributed by atoms with Crippen molar-refractivity contribution in [1.29, 1.82) is 0 Å². The van der Waals surface area contributed by atoms with Gasteiger partial charge in [-0.1, -0.05) is 31.5 Å². The Bertz CT molecular complexity index is 288. The van der Waals surface area contributed by atoms with Gasteiger partial charge in [0, 0.05) is 0 Å². The molecule has 0 aliphatic carbocycles. The number of benzene rings is 1. The van der Waals surface area contributed by atoms with Crippen molar-refractivity contribution < 1.29 is 5.11 Å². The van der Waals surface area contributed by atoms with E-state index >= 15 is 0 Å². The molecule has 2 heteroatoms. The third kappa shape index (κ3) is 18.1. The van der Waals surface area contributed by atoms with Crippen LogP contribution in [0.4, 0.5) is 0 Å². The molecule has 122 valence electrons. The van der Waals surface area contributed by atoms with Crippen molar-refractivity contribution in [3.8, 4) is 5.75 Å². The summed E-state index contributed by atoms with van der Waals surface area (Å²) in [5, 5.41) is 8.63. The number of aromatic hydroxyl groups is 1. The zero-order valence-corrected chi connectivity index (χ0v) is 17.0. The molecule has 22 heavy (non-hydrogen) atoms. The summed E-state index contributed by atoms with van der Waals surface area (Å²) in [5.74, 6) is 0.322. The minimum atomic E-state index is 0.322. The van der Waals surface area contributed by atoms with Crippen LogP contribution < -0.4 is 0 Å². The van der Waals surface area contributed by atoms with Crippen LogP contribution in [0.5, 0.6) is 5.75 Å². The fourth-order valence-corrected chi connectivity index (χ4v) is 3.02. The van der Waals surface area contributed by atoms with Gasteiger partial charge in [0.15, 0.2) is 0 Å². The Kier molecular flexibility index (Phi) is 19.1. The number of phenols is 1. The van der Waals surface area contributed by atoms with Crippen LogP contribution in [0.1, 0.15) is 84.0 Å². The second-order valence-electron chi connectivity index (χ2n) is 6.22. The minimum Gasteiger partial charge on any atom is -0.508 e. The number of phenolic OH excluding ortho intramolecular Hbond substituents is 1. The second-order valence-corrected chi connectivity index (χ2v) is 7.22. The van der Waals surface area contributed by atoms with Crippen LogP contribution in [-0.2, 0) is 0 Å². The Morgan fingerprint density at radius 1 is 0.682 bits per heavy atom. The fourth-order valence-electron chi connectivity index (χ4n) is 2.52. The molecule has 0 radical (unpaired) electrons. The average Bonchev–Trinajstić information content (AvgIpc) is 2.54. The molecule has 0 fully saturated rings. The molecule has 0 aliphatic rings. The molecule has 1 aromatic carbocycles. The molecular weight excluding hydrogens is 279 g/mol. The predicted octanol–water partition coefficient (Wildman–Crippen LogP) is 6.67. The van der Waals surface area contributed by atoms with E-state index in [4.69, 9.17) is 5.11 Å². The molecule has 1 rings (SSSR count). The van der Waals surface area contributed by atoms with Crippen LogP contribution in [0.2, 0.25) is 3.67 Å². The first kappa shape index (κ1) is 22.0. The van der Waals surface area contributed by atoms with E-state index in [0.717, 1.165) is 0 Å². The van der Waals surface area contributed by atoms with Gasteiger partial charge in [0.2, 0.25) is 0 Å². The summed E-state index contributed by atoms with van der Waals surface area (Å²) < 4.78 is 1.51. The van der Waals surface area contributed by atoms with Crippen LogP contribution in [0.3, 0.4) is 0 Å². The summed E-state index contributed by atoms with van der Waals surface area (Å²) in [6.45, 7) is 2.29. The van der Waals surface area contributed by atoms with Crippen molar-refractivity contribution in [2.24, 2.45) is 0 Å². The standard InChI is InChI=1S/C14H29.C6H6O.Na/c1-3-5-7-9-11-13-14-12-10-8-6-4-2;7-6-4-2-1-3-5-6;/h1,3-14H2,2H3;1-5,7H;. The topological polar surface area (TPSA) is 20.2 Å². The van der Waals surface area contributed by atoms with Crippen molar-refractivity contribution in [3.63, 3.8) is 0 Å². The van der Waals surface area contributed by atoms with Crippen molar-refractivity contribution >= 4 is 27.9 Å². The molecule has 1 nitrogen and oxygen atoms in total. The Morgan fingerprint density at radius 3 is 1.41 bits per heavy atom. The molecule has 0 aromatic heterocycles. The first-order chi connectivity index (χ1) is 10.8. The smallest absolute Gasteiger partial charge is 0.115 e. The van der Waals surface area contributed by atoms with E-state index in [0.29, 0.717) is 5.75 Å². The van der Waals surface area contributed by atoms with Crippen LogP contribution in [0.15, 0.2) is 30.3 Å². The van der Waals surface area contributed by atoms with Gasteiger partial charge in [-0.05, 0) is 12.1 Å². The molecule has 0 saturated carbocycles. The van der Waals surface area contributed by atoms with E-state index in [1.54, 1.807) is 24.3 Å². The van der Waals surface area contributed by atoms with Gasteiger partial charge >= 0.3 is 102 Å². The Morgan fingerprint density at radius 2 is 1.09 bits per heavy atom. The zero-order chi connectivity index (χ0) is 16.3. The normalized spacial score (nSPS) is 10.1. The summed E-state index contributed by atoms with van der Waals surface area (Å²) in [7, 11) is 0. The van der Waals surface area contributed by atoms with Crippen LogP contribution in [0, 0.1) is 0 Å². The Balaban J connectivity index is 0.000000518. The van der Waals surface area contributed by atoms with Crippen LogP contribution in [0.25, 0.3) is 0 Å². The number of unbranched alkanes of at least 4 members (excludes halogenated alkanes) is 11. The minimum absolute atomic E-state index is 0.322. The van der Waals surface area contributed by atoms with E-state index in [9.17, 15) is 0 Å². The van der Waals surface area contributed by atoms with Gasteiger partial charge in [0.1, 0.15) is 5.75 Å². The second kappa shape index (κ2) is 19.1. The number of para-hydroxylation sites is 1. The SMILES string of the molecule is CCCCCCCCCCCCC[CH2][Na].Oc1ccccc1. The van der Waals surface area contributed by atoms with Gasteiger partial charge in [-0.3, -0.25) is 0 Å². The quantitative estimate of drug-likeness (QED) is 0.337. The maximum atomic E-state index is 8.63. The van der Waals surface area contributed by atoms with Crippen molar-refractivity contribution in [3.05, 3.63) is 30.3 Å². The van der Waals surface area contributed by atoms with E-state index in [-0.39, 0.29) is 0 Å². The largest absolute Gasteiger partial charge is 0.508 e. The maximum absolute atomic E-state index is 8.63. The van der Waals surface area contributed by atoms with Gasteiger partial charge < -0.3 is 5.11 Å². The number of hydrogen-bond acceptors (Lipinski definition) is 1. The van der Waals surface area contributed by atoms with Gasteiger partial charge in [0.05, 0.1) is 0 Å². The molecule has 0 amide bonds. The Labute approximate surface area is 156 Å². The summed E-state index contributed by atoms with van der Waals surface area (Å²) in [6.07, 6.45) is 17.7. The number of hydrogen-bond donors (Lipinski definition) is 1. The maximum Gasteiger partial charge on any atom is 0.115 e. The van der Waals surface area contributed by atoms with Gasteiger partial charge in [-0.2, -0.15) is 0 Å². The molecule has 0 bridgehead atoms. The molecule has 0 heterocycles. The van der Waals surface area contributed by atoms with Gasteiger partial charge in [-0.25, -0.2) is 0 Å². The number of rotatable bonds is 12. The van der Waals surface area contributed by atoms with Crippen LogP contribution >= 0.6 is 0 Å². The first-order valence-electron chi connectivity index (χ1n) is 9.55. The third-order valence-corrected chi connectivity index (χ3v) is 4.67. The zero-order valence-electron chi connectivity index (χ0n) is 15.0. The molecular formula is C20H35NaO. The van der Waals surface area contributed by atoms with E-state index in [1.807, 2.05) is 6.07 Å². The van der Waals surface area contributed by atoms with E-state index in [2.05, 4.69) is 6.92 Å². The van der Waals surface area contributed by atoms with Crippen molar-refractivity contribution in [2.45, 2.75) is 87.6 Å². The molecule has 0 saturated heterocycles. The summed E-state index contributed by atoms with van der Waals surface area (Å²) in [4.78, 5) is 0. The Hall–Kier alpha value is 0.0200. The molecule has 0 spiro atoms. The third-order valence-electron chi connectivity index (χ3n) is 3.96. The average molecular weight is 314 g/mol. The van der Waals surface area contributed by atoms with Crippen molar-refractivity contribution in [1.82, 2.24) is 0 Å². The molecule has 0 unspecified atom stereocenters.